The molecule has 0 fully saturated rings. The van der Waals surface area contributed by atoms with Crippen LogP contribution in [0.2, 0.25) is 0 Å². The Hall–Kier alpha value is -2.33. The molecule has 0 saturated carbocycles. The number of ether oxygens (including phenoxy) is 1. The molecule has 1 aliphatic rings. The minimum absolute atomic E-state index is 0.0260. The second-order valence-electron chi connectivity index (χ2n) is 6.45. The Labute approximate surface area is 148 Å². The number of fused-ring (bicyclic) bond motifs is 1. The number of nitrogens with one attached hydrogen (secondary N) is 1. The number of aliphatic hydroxyl groups is 1. The SMILES string of the molecule is O=C(CC1CCCc2ccccc21)NCc1ccccc1OCCO. The van der Waals surface area contributed by atoms with Gasteiger partial charge in [0.1, 0.15) is 12.4 Å². The summed E-state index contributed by atoms with van der Waals surface area (Å²) in [5.74, 6) is 1.09. The van der Waals surface area contributed by atoms with Gasteiger partial charge in [-0.15, -0.1) is 0 Å². The summed E-state index contributed by atoms with van der Waals surface area (Å²) in [7, 11) is 0. The van der Waals surface area contributed by atoms with E-state index in [0.717, 1.165) is 24.8 Å². The summed E-state index contributed by atoms with van der Waals surface area (Å²) in [6, 6.07) is 16.1. The van der Waals surface area contributed by atoms with Gasteiger partial charge in [0.15, 0.2) is 0 Å². The van der Waals surface area contributed by atoms with E-state index in [1.54, 1.807) is 0 Å². The van der Waals surface area contributed by atoms with Gasteiger partial charge in [-0.25, -0.2) is 0 Å². The first kappa shape index (κ1) is 17.5. The van der Waals surface area contributed by atoms with Crippen molar-refractivity contribution in [1.29, 1.82) is 0 Å². The van der Waals surface area contributed by atoms with Crippen molar-refractivity contribution >= 4 is 5.91 Å². The first-order valence-corrected chi connectivity index (χ1v) is 8.94. The van der Waals surface area contributed by atoms with Crippen LogP contribution >= 0.6 is 0 Å². The van der Waals surface area contributed by atoms with Gasteiger partial charge >= 0.3 is 0 Å². The molecule has 0 heterocycles. The number of carbonyl (C=O) groups excluding carboxylic acids is 1. The molecule has 4 heteroatoms. The average Bonchev–Trinajstić information content (AvgIpc) is 2.65. The zero-order chi connectivity index (χ0) is 17.5. The van der Waals surface area contributed by atoms with Gasteiger partial charge in [-0.2, -0.15) is 0 Å². The van der Waals surface area contributed by atoms with E-state index in [1.807, 2.05) is 24.3 Å². The van der Waals surface area contributed by atoms with E-state index < -0.39 is 0 Å². The standard InChI is InChI=1S/C21H25NO3/c23-12-13-25-20-11-4-2-7-18(20)15-22-21(24)14-17-9-5-8-16-6-1-3-10-19(16)17/h1-4,6-7,10-11,17,23H,5,8-9,12-15H2,(H,22,24). The Bertz CT molecular complexity index is 714. The van der Waals surface area contributed by atoms with E-state index in [9.17, 15) is 4.79 Å². The predicted molar refractivity (Wildman–Crippen MR) is 97.6 cm³/mol. The van der Waals surface area contributed by atoms with Crippen molar-refractivity contribution in [3.63, 3.8) is 0 Å². The van der Waals surface area contributed by atoms with Crippen molar-refractivity contribution in [2.24, 2.45) is 0 Å². The Kier molecular flexibility index (Phi) is 6.07. The molecular weight excluding hydrogens is 314 g/mol. The maximum absolute atomic E-state index is 12.4. The lowest BCUT2D eigenvalue weighted by Crippen LogP contribution is -2.26. The predicted octanol–water partition coefficient (Wildman–Crippen LogP) is 3.18. The third-order valence-corrected chi connectivity index (χ3v) is 4.72. The molecule has 0 spiro atoms. The molecule has 1 aliphatic carbocycles. The van der Waals surface area contributed by atoms with Crippen molar-refractivity contribution in [2.75, 3.05) is 13.2 Å². The van der Waals surface area contributed by atoms with E-state index in [4.69, 9.17) is 9.84 Å². The van der Waals surface area contributed by atoms with Crippen LogP contribution < -0.4 is 10.1 Å². The first-order chi connectivity index (χ1) is 12.3. The molecule has 3 rings (SSSR count). The number of hydrogen-bond donors (Lipinski definition) is 2. The molecule has 132 valence electrons. The number of carbonyl (C=O) groups is 1. The fourth-order valence-electron chi connectivity index (χ4n) is 3.50. The molecule has 2 aromatic rings. The van der Waals surface area contributed by atoms with E-state index in [0.29, 0.717) is 24.6 Å². The highest BCUT2D eigenvalue weighted by atomic mass is 16.5. The molecule has 0 bridgehead atoms. The maximum atomic E-state index is 12.4. The van der Waals surface area contributed by atoms with Crippen molar-refractivity contribution in [3.05, 3.63) is 65.2 Å². The third-order valence-electron chi connectivity index (χ3n) is 4.72. The van der Waals surface area contributed by atoms with Crippen LogP contribution in [-0.2, 0) is 17.8 Å². The van der Waals surface area contributed by atoms with Crippen LogP contribution in [0.15, 0.2) is 48.5 Å². The van der Waals surface area contributed by atoms with E-state index in [-0.39, 0.29) is 19.1 Å². The zero-order valence-corrected chi connectivity index (χ0v) is 14.4. The molecule has 4 nitrogen and oxygen atoms in total. The van der Waals surface area contributed by atoms with Gasteiger partial charge in [0.2, 0.25) is 5.91 Å². The number of para-hydroxylation sites is 1. The minimum Gasteiger partial charge on any atom is -0.491 e. The summed E-state index contributed by atoms with van der Waals surface area (Å²) in [6.07, 6.45) is 3.86. The Morgan fingerprint density at radius 2 is 1.96 bits per heavy atom. The Morgan fingerprint density at radius 1 is 1.16 bits per heavy atom. The molecule has 2 aromatic carbocycles. The molecule has 25 heavy (non-hydrogen) atoms. The van der Waals surface area contributed by atoms with Gasteiger partial charge in [-0.1, -0.05) is 42.5 Å². The topological polar surface area (TPSA) is 58.6 Å². The highest BCUT2D eigenvalue weighted by Crippen LogP contribution is 2.33. The van der Waals surface area contributed by atoms with Crippen molar-refractivity contribution in [2.45, 2.75) is 38.1 Å². The largest absolute Gasteiger partial charge is 0.491 e. The lowest BCUT2D eigenvalue weighted by atomic mass is 9.81. The average molecular weight is 339 g/mol. The number of hydrogen-bond acceptors (Lipinski definition) is 3. The third kappa shape index (κ3) is 4.60. The first-order valence-electron chi connectivity index (χ1n) is 8.94. The fourth-order valence-corrected chi connectivity index (χ4v) is 3.50. The molecule has 0 radical (unpaired) electrons. The van der Waals surface area contributed by atoms with Crippen LogP contribution in [0.3, 0.4) is 0 Å². The molecule has 0 aliphatic heterocycles. The van der Waals surface area contributed by atoms with Crippen molar-refractivity contribution < 1.29 is 14.6 Å². The monoisotopic (exact) mass is 339 g/mol. The second-order valence-corrected chi connectivity index (χ2v) is 6.45. The molecule has 1 unspecified atom stereocenters. The molecular formula is C21H25NO3. The van der Waals surface area contributed by atoms with Crippen LogP contribution in [0.4, 0.5) is 0 Å². The van der Waals surface area contributed by atoms with Gasteiger partial charge in [0.05, 0.1) is 6.61 Å². The van der Waals surface area contributed by atoms with E-state index in [1.165, 1.54) is 11.1 Å². The summed E-state index contributed by atoms with van der Waals surface area (Å²) in [4.78, 5) is 12.4. The molecule has 2 N–H and O–H groups in total. The molecule has 0 saturated heterocycles. The lowest BCUT2D eigenvalue weighted by Gasteiger charge is -2.25. The number of aryl methyl sites for hydroxylation is 1. The lowest BCUT2D eigenvalue weighted by molar-refractivity contribution is -0.121. The Balaban J connectivity index is 1.58. The smallest absolute Gasteiger partial charge is 0.220 e. The summed E-state index contributed by atoms with van der Waals surface area (Å²) < 4.78 is 5.51. The number of aliphatic hydroxyl groups excluding tert-OH is 1. The number of benzene rings is 2. The van der Waals surface area contributed by atoms with Crippen LogP contribution in [0.25, 0.3) is 0 Å². The Morgan fingerprint density at radius 3 is 2.84 bits per heavy atom. The van der Waals surface area contributed by atoms with Crippen LogP contribution in [-0.4, -0.2) is 24.2 Å². The summed E-state index contributed by atoms with van der Waals surface area (Å²) in [6.45, 7) is 0.667. The maximum Gasteiger partial charge on any atom is 0.220 e. The number of amides is 1. The summed E-state index contributed by atoms with van der Waals surface area (Å²) in [5.41, 5.74) is 3.64. The summed E-state index contributed by atoms with van der Waals surface area (Å²) in [5, 5.41) is 11.9. The summed E-state index contributed by atoms with van der Waals surface area (Å²) >= 11 is 0. The molecule has 1 atom stereocenters. The van der Waals surface area contributed by atoms with Gasteiger partial charge in [-0.3, -0.25) is 4.79 Å². The fraction of sp³-hybridized carbons (Fsp3) is 0.381. The van der Waals surface area contributed by atoms with Crippen LogP contribution in [0.5, 0.6) is 5.75 Å². The van der Waals surface area contributed by atoms with Gasteiger partial charge in [0, 0.05) is 18.5 Å². The van der Waals surface area contributed by atoms with Gasteiger partial charge < -0.3 is 15.2 Å². The van der Waals surface area contributed by atoms with Crippen molar-refractivity contribution in [1.82, 2.24) is 5.32 Å². The normalized spacial score (nSPS) is 16.1. The van der Waals surface area contributed by atoms with Crippen LogP contribution in [0, 0.1) is 0 Å². The zero-order valence-electron chi connectivity index (χ0n) is 14.4. The molecule has 0 aromatic heterocycles. The highest BCUT2D eigenvalue weighted by molar-refractivity contribution is 5.77. The van der Waals surface area contributed by atoms with Gasteiger partial charge in [0.25, 0.3) is 0 Å². The molecule has 1 amide bonds. The quantitative estimate of drug-likeness (QED) is 0.814. The highest BCUT2D eigenvalue weighted by Gasteiger charge is 2.22. The van der Waals surface area contributed by atoms with Gasteiger partial charge in [-0.05, 0) is 42.4 Å². The minimum atomic E-state index is -0.0260. The second kappa shape index (κ2) is 8.67. The number of rotatable bonds is 7. The van der Waals surface area contributed by atoms with Crippen LogP contribution in [0.1, 0.15) is 41.9 Å². The van der Waals surface area contributed by atoms with Crippen molar-refractivity contribution in [3.8, 4) is 5.75 Å². The van der Waals surface area contributed by atoms with E-state index >= 15 is 0 Å². The van der Waals surface area contributed by atoms with E-state index in [2.05, 4.69) is 29.6 Å².